The van der Waals surface area contributed by atoms with Gasteiger partial charge in [-0.2, -0.15) is 5.10 Å². The molecule has 0 bridgehead atoms. The van der Waals surface area contributed by atoms with Gasteiger partial charge in [0.2, 0.25) is 0 Å². The second kappa shape index (κ2) is 8.43. The Morgan fingerprint density at radius 2 is 1.56 bits per heavy atom. The van der Waals surface area contributed by atoms with Crippen molar-refractivity contribution in [1.82, 2.24) is 29.6 Å². The number of likely N-dealkylation sites (N-methyl/N-ethyl adjacent to an activating group) is 1. The summed E-state index contributed by atoms with van der Waals surface area (Å²) >= 11 is 0. The summed E-state index contributed by atoms with van der Waals surface area (Å²) in [6.45, 7) is 3.84. The molecule has 1 saturated heterocycles. The zero-order chi connectivity index (χ0) is 22.1. The van der Waals surface area contributed by atoms with Crippen LogP contribution in [0.5, 0.6) is 0 Å². The highest BCUT2D eigenvalue weighted by molar-refractivity contribution is 5.63. The number of halogens is 2. The third-order valence-corrected chi connectivity index (χ3v) is 5.50. The van der Waals surface area contributed by atoms with E-state index in [2.05, 4.69) is 31.9 Å². The van der Waals surface area contributed by atoms with Gasteiger partial charge < -0.3 is 9.80 Å². The Bertz CT molecular complexity index is 1230. The molecule has 0 spiro atoms. The van der Waals surface area contributed by atoms with Gasteiger partial charge in [0.1, 0.15) is 17.5 Å². The fourth-order valence-electron chi connectivity index (χ4n) is 3.68. The van der Waals surface area contributed by atoms with E-state index in [4.69, 9.17) is 4.98 Å². The Labute approximate surface area is 184 Å². The van der Waals surface area contributed by atoms with Gasteiger partial charge in [0, 0.05) is 44.1 Å². The molecule has 0 N–H and O–H groups in total. The van der Waals surface area contributed by atoms with E-state index in [1.54, 1.807) is 23.1 Å². The fraction of sp³-hybridized carbons (Fsp3) is 0.217. The van der Waals surface area contributed by atoms with Crippen molar-refractivity contribution in [2.24, 2.45) is 0 Å². The molecule has 1 fully saturated rings. The minimum absolute atomic E-state index is 0.0129. The number of pyridine rings is 1. The van der Waals surface area contributed by atoms with E-state index in [-0.39, 0.29) is 11.4 Å². The largest absolute Gasteiger partial charge is 0.354 e. The van der Waals surface area contributed by atoms with Gasteiger partial charge in [-0.25, -0.2) is 28.4 Å². The van der Waals surface area contributed by atoms with Gasteiger partial charge in [-0.3, -0.25) is 0 Å². The maximum Gasteiger partial charge on any atom is 0.165 e. The molecule has 1 aromatic carbocycles. The van der Waals surface area contributed by atoms with Gasteiger partial charge in [0.05, 0.1) is 17.5 Å². The molecule has 1 aliphatic heterocycles. The number of aromatic nitrogens is 5. The summed E-state index contributed by atoms with van der Waals surface area (Å²) in [7, 11) is 2.12. The highest BCUT2D eigenvalue weighted by Gasteiger charge is 2.17. The first kappa shape index (κ1) is 20.2. The van der Waals surface area contributed by atoms with E-state index in [1.807, 2.05) is 18.2 Å². The summed E-state index contributed by atoms with van der Waals surface area (Å²) in [5.41, 5.74) is 0.958. The highest BCUT2D eigenvalue weighted by Crippen LogP contribution is 2.25. The van der Waals surface area contributed by atoms with E-state index in [0.29, 0.717) is 17.1 Å². The lowest BCUT2D eigenvalue weighted by atomic mass is 10.1. The van der Waals surface area contributed by atoms with Crippen LogP contribution in [0.2, 0.25) is 0 Å². The van der Waals surface area contributed by atoms with Crippen molar-refractivity contribution in [2.45, 2.75) is 0 Å². The number of rotatable bonds is 4. The van der Waals surface area contributed by atoms with Crippen molar-refractivity contribution >= 4 is 5.82 Å². The number of hydrogen-bond acceptors (Lipinski definition) is 6. The van der Waals surface area contributed by atoms with Crippen LogP contribution in [0.25, 0.3) is 28.5 Å². The Balaban J connectivity index is 1.43. The highest BCUT2D eigenvalue weighted by atomic mass is 19.1. The monoisotopic (exact) mass is 433 g/mol. The molecule has 9 heteroatoms. The van der Waals surface area contributed by atoms with E-state index in [9.17, 15) is 8.78 Å². The Hall–Kier alpha value is -3.72. The zero-order valence-electron chi connectivity index (χ0n) is 17.5. The molecule has 3 aromatic heterocycles. The molecule has 0 atom stereocenters. The Morgan fingerprint density at radius 3 is 2.34 bits per heavy atom. The molecule has 0 unspecified atom stereocenters. The van der Waals surface area contributed by atoms with Gasteiger partial charge >= 0.3 is 0 Å². The summed E-state index contributed by atoms with van der Waals surface area (Å²) < 4.78 is 30.0. The molecule has 1 aliphatic rings. The molecule has 0 radical (unpaired) electrons. The first-order valence-corrected chi connectivity index (χ1v) is 10.3. The number of hydrogen-bond donors (Lipinski definition) is 0. The predicted molar refractivity (Wildman–Crippen MR) is 117 cm³/mol. The third-order valence-electron chi connectivity index (χ3n) is 5.50. The molecule has 4 heterocycles. The van der Waals surface area contributed by atoms with Gasteiger partial charge in [0.25, 0.3) is 0 Å². The molecule has 0 saturated carbocycles. The smallest absolute Gasteiger partial charge is 0.165 e. The molecular weight excluding hydrogens is 412 g/mol. The van der Waals surface area contributed by atoms with Crippen LogP contribution in [0.1, 0.15) is 0 Å². The number of benzene rings is 1. The lowest BCUT2D eigenvalue weighted by molar-refractivity contribution is 0.312. The van der Waals surface area contributed by atoms with Crippen molar-refractivity contribution in [3.63, 3.8) is 0 Å². The van der Waals surface area contributed by atoms with Gasteiger partial charge in [0.15, 0.2) is 11.6 Å². The quantitative estimate of drug-likeness (QED) is 0.492. The maximum absolute atomic E-state index is 14.2. The average molecular weight is 433 g/mol. The predicted octanol–water partition coefficient (Wildman–Crippen LogP) is 3.42. The molecule has 162 valence electrons. The van der Waals surface area contributed by atoms with Crippen LogP contribution >= 0.6 is 0 Å². The molecular formula is C23H21F2N7. The normalized spacial score (nSPS) is 14.7. The van der Waals surface area contributed by atoms with Crippen molar-refractivity contribution in [3.05, 3.63) is 72.7 Å². The van der Waals surface area contributed by atoms with Gasteiger partial charge in [-0.15, -0.1) is 0 Å². The van der Waals surface area contributed by atoms with Crippen LogP contribution in [0.15, 0.2) is 61.1 Å². The lowest BCUT2D eigenvalue weighted by Gasteiger charge is -2.33. The van der Waals surface area contributed by atoms with Crippen molar-refractivity contribution in [1.29, 1.82) is 0 Å². The minimum Gasteiger partial charge on any atom is -0.354 e. The second-order valence-electron chi connectivity index (χ2n) is 7.68. The second-order valence-corrected chi connectivity index (χ2v) is 7.68. The first-order valence-electron chi connectivity index (χ1n) is 10.3. The molecule has 0 aliphatic carbocycles. The van der Waals surface area contributed by atoms with Crippen LogP contribution in [0.3, 0.4) is 0 Å². The van der Waals surface area contributed by atoms with Crippen molar-refractivity contribution in [3.8, 4) is 28.5 Å². The van der Waals surface area contributed by atoms with Crippen molar-refractivity contribution < 1.29 is 8.78 Å². The lowest BCUT2D eigenvalue weighted by Crippen LogP contribution is -2.44. The molecule has 7 nitrogen and oxygen atoms in total. The van der Waals surface area contributed by atoms with E-state index in [1.165, 1.54) is 24.4 Å². The third kappa shape index (κ3) is 3.94. The van der Waals surface area contributed by atoms with Gasteiger partial charge in [-0.1, -0.05) is 12.1 Å². The standard InChI is InChI=1S/C23H21F2N7/c1-30-10-12-31(13-11-30)20-6-3-7-21(29-20)32-15-16(14-27-32)19-8-9-26-23(28-19)22-17(24)4-2-5-18(22)25/h2-9,14-15H,10-13H2,1H3. The number of nitrogens with zero attached hydrogens (tertiary/aromatic N) is 7. The number of piperazine rings is 1. The Kier molecular flexibility index (Phi) is 5.32. The first-order chi connectivity index (χ1) is 15.6. The summed E-state index contributed by atoms with van der Waals surface area (Å²) in [5, 5.41) is 4.42. The molecule has 32 heavy (non-hydrogen) atoms. The summed E-state index contributed by atoms with van der Waals surface area (Å²) in [4.78, 5) is 17.7. The molecule has 0 amide bonds. The molecule has 4 aromatic rings. The van der Waals surface area contributed by atoms with Crippen LogP contribution in [0, 0.1) is 11.6 Å². The van der Waals surface area contributed by atoms with Gasteiger partial charge in [-0.05, 0) is 37.4 Å². The molecule has 5 rings (SSSR count). The van der Waals surface area contributed by atoms with E-state index >= 15 is 0 Å². The van der Waals surface area contributed by atoms with E-state index < -0.39 is 11.6 Å². The summed E-state index contributed by atoms with van der Waals surface area (Å²) in [6, 6.07) is 11.2. The zero-order valence-corrected chi connectivity index (χ0v) is 17.5. The number of anilines is 1. The van der Waals surface area contributed by atoms with Crippen LogP contribution in [-0.4, -0.2) is 62.9 Å². The van der Waals surface area contributed by atoms with Crippen LogP contribution in [-0.2, 0) is 0 Å². The van der Waals surface area contributed by atoms with Crippen LogP contribution in [0.4, 0.5) is 14.6 Å². The topological polar surface area (TPSA) is 63.0 Å². The average Bonchev–Trinajstić information content (AvgIpc) is 3.30. The van der Waals surface area contributed by atoms with E-state index in [0.717, 1.165) is 32.0 Å². The SMILES string of the molecule is CN1CCN(c2cccc(-n3cc(-c4ccnc(-c5c(F)cccc5F)n4)cn3)n2)CC1. The fourth-order valence-corrected chi connectivity index (χ4v) is 3.68. The summed E-state index contributed by atoms with van der Waals surface area (Å²) in [6.07, 6.45) is 4.92. The van der Waals surface area contributed by atoms with Crippen molar-refractivity contribution in [2.75, 3.05) is 38.1 Å². The Morgan fingerprint density at radius 1 is 0.844 bits per heavy atom. The summed E-state index contributed by atoms with van der Waals surface area (Å²) in [5.74, 6) is 0.167. The maximum atomic E-state index is 14.2. The van der Waals surface area contributed by atoms with Crippen LogP contribution < -0.4 is 4.90 Å². The minimum atomic E-state index is -0.706.